The first-order chi connectivity index (χ1) is 9.83. The molecule has 0 aliphatic rings. The maximum Gasteiger partial charge on any atom is 0.261 e. The van der Waals surface area contributed by atoms with Gasteiger partial charge in [-0.05, 0) is 42.8 Å². The minimum absolute atomic E-state index is 0.0192. The molecule has 0 unspecified atom stereocenters. The molecule has 2 aromatic carbocycles. The Bertz CT molecular complexity index is 843. The third kappa shape index (κ3) is 3.48. The number of nitrogens with one attached hydrogen (secondary N) is 1. The van der Waals surface area contributed by atoms with Gasteiger partial charge >= 0.3 is 0 Å². The fraction of sp³-hybridized carbons (Fsp3) is 0.0714. The number of benzene rings is 2. The van der Waals surface area contributed by atoms with Gasteiger partial charge in [0.25, 0.3) is 10.0 Å². The van der Waals surface area contributed by atoms with E-state index in [4.69, 9.17) is 28.5 Å². The fourth-order valence-electron chi connectivity index (χ4n) is 1.66. The molecule has 0 bridgehead atoms. The lowest BCUT2D eigenvalue weighted by Gasteiger charge is -2.11. The molecule has 0 saturated heterocycles. The Balaban J connectivity index is 2.42. The quantitative estimate of drug-likeness (QED) is 0.918. The van der Waals surface area contributed by atoms with E-state index in [0.717, 1.165) is 5.56 Å². The van der Waals surface area contributed by atoms with E-state index in [-0.39, 0.29) is 21.2 Å². The van der Waals surface area contributed by atoms with Crippen LogP contribution in [0.25, 0.3) is 0 Å². The summed E-state index contributed by atoms with van der Waals surface area (Å²) >= 11 is 12.0. The Morgan fingerprint density at radius 3 is 2.52 bits per heavy atom. The van der Waals surface area contributed by atoms with Crippen LogP contribution in [0.2, 0.25) is 10.0 Å². The molecule has 4 nitrogen and oxygen atoms in total. The van der Waals surface area contributed by atoms with Crippen LogP contribution in [-0.4, -0.2) is 8.42 Å². The predicted molar refractivity (Wildman–Crippen MR) is 83.2 cm³/mol. The maximum absolute atomic E-state index is 12.3. The van der Waals surface area contributed by atoms with Gasteiger partial charge < -0.3 is 0 Å². The minimum atomic E-state index is -3.84. The predicted octanol–water partition coefficient (Wildman–Crippen LogP) is 3.97. The molecule has 0 aliphatic heterocycles. The molecule has 1 N–H and O–H groups in total. The third-order valence-corrected chi connectivity index (χ3v) is 4.85. The van der Waals surface area contributed by atoms with Gasteiger partial charge in [0.05, 0.1) is 27.2 Å². The zero-order valence-electron chi connectivity index (χ0n) is 10.9. The smallest absolute Gasteiger partial charge is 0.261 e. The summed E-state index contributed by atoms with van der Waals surface area (Å²) in [5.74, 6) is 0. The monoisotopic (exact) mass is 340 g/mol. The van der Waals surface area contributed by atoms with Crippen molar-refractivity contribution in [3.63, 3.8) is 0 Å². The topological polar surface area (TPSA) is 70.0 Å². The van der Waals surface area contributed by atoms with E-state index in [1.807, 2.05) is 6.07 Å². The van der Waals surface area contributed by atoms with E-state index in [1.54, 1.807) is 13.0 Å². The van der Waals surface area contributed by atoms with E-state index in [9.17, 15) is 8.42 Å². The molecule has 0 heterocycles. The van der Waals surface area contributed by atoms with Crippen LogP contribution in [0.5, 0.6) is 0 Å². The summed E-state index contributed by atoms with van der Waals surface area (Å²) in [6.45, 7) is 1.77. The summed E-state index contributed by atoms with van der Waals surface area (Å²) in [5.41, 5.74) is 1.19. The summed E-state index contributed by atoms with van der Waals surface area (Å²) in [6.07, 6.45) is 0. The number of sulfonamides is 1. The Hall–Kier alpha value is -1.74. The van der Waals surface area contributed by atoms with Crippen LogP contribution in [0.15, 0.2) is 41.3 Å². The standard InChI is InChI=1S/C14H10Cl2N2O2S/c1-9-5-13(16)14(7-12(9)15)18-21(19,20)11-4-2-3-10(6-11)8-17/h2-7,18H,1H3. The highest BCUT2D eigenvalue weighted by Crippen LogP contribution is 2.30. The summed E-state index contributed by atoms with van der Waals surface area (Å²) in [6, 6.07) is 10.6. The van der Waals surface area contributed by atoms with Crippen molar-refractivity contribution in [2.75, 3.05) is 4.72 Å². The average Bonchev–Trinajstić information content (AvgIpc) is 2.44. The Morgan fingerprint density at radius 2 is 1.86 bits per heavy atom. The zero-order valence-corrected chi connectivity index (χ0v) is 13.2. The van der Waals surface area contributed by atoms with Gasteiger partial charge in [0.1, 0.15) is 0 Å². The maximum atomic E-state index is 12.3. The zero-order chi connectivity index (χ0) is 15.6. The number of aryl methyl sites for hydroxylation is 1. The molecule has 0 spiro atoms. The summed E-state index contributed by atoms with van der Waals surface area (Å²) < 4.78 is 27.0. The second-order valence-corrected chi connectivity index (χ2v) is 6.82. The first-order valence-corrected chi connectivity index (χ1v) is 8.06. The van der Waals surface area contributed by atoms with Crippen molar-refractivity contribution < 1.29 is 8.42 Å². The number of anilines is 1. The molecule has 0 saturated carbocycles. The Labute approximate surface area is 133 Å². The number of hydrogen-bond donors (Lipinski definition) is 1. The van der Waals surface area contributed by atoms with Crippen LogP contribution in [0.1, 0.15) is 11.1 Å². The van der Waals surface area contributed by atoms with Crippen molar-refractivity contribution in [3.8, 4) is 6.07 Å². The van der Waals surface area contributed by atoms with Gasteiger partial charge in [-0.3, -0.25) is 4.72 Å². The van der Waals surface area contributed by atoms with Crippen molar-refractivity contribution in [1.29, 1.82) is 5.26 Å². The number of hydrogen-bond acceptors (Lipinski definition) is 3. The second-order valence-electron chi connectivity index (χ2n) is 4.33. The highest BCUT2D eigenvalue weighted by atomic mass is 35.5. The molecule has 7 heteroatoms. The van der Waals surface area contributed by atoms with Crippen molar-refractivity contribution in [2.45, 2.75) is 11.8 Å². The van der Waals surface area contributed by atoms with Gasteiger partial charge in [-0.2, -0.15) is 5.26 Å². The fourth-order valence-corrected chi connectivity index (χ4v) is 3.26. The van der Waals surface area contributed by atoms with Gasteiger partial charge in [0, 0.05) is 5.02 Å². The number of nitriles is 1. The number of halogens is 2. The largest absolute Gasteiger partial charge is 0.278 e. The molecular weight excluding hydrogens is 331 g/mol. The molecule has 0 radical (unpaired) electrons. The lowest BCUT2D eigenvalue weighted by Crippen LogP contribution is -2.13. The van der Waals surface area contributed by atoms with Gasteiger partial charge in [0.15, 0.2) is 0 Å². The molecular formula is C14H10Cl2N2O2S. The first kappa shape index (κ1) is 15.6. The molecule has 2 rings (SSSR count). The van der Waals surface area contributed by atoms with Gasteiger partial charge in [0.2, 0.25) is 0 Å². The molecule has 2 aromatic rings. The normalized spacial score (nSPS) is 11.0. The van der Waals surface area contributed by atoms with Crippen molar-refractivity contribution in [1.82, 2.24) is 0 Å². The van der Waals surface area contributed by atoms with E-state index >= 15 is 0 Å². The lowest BCUT2D eigenvalue weighted by molar-refractivity contribution is 0.601. The molecule has 0 aromatic heterocycles. The van der Waals surface area contributed by atoms with E-state index < -0.39 is 10.0 Å². The Kier molecular flexibility index (Phi) is 4.43. The molecule has 108 valence electrons. The molecule has 0 atom stereocenters. The van der Waals surface area contributed by atoms with E-state index in [1.165, 1.54) is 30.3 Å². The van der Waals surface area contributed by atoms with Crippen LogP contribution in [0.4, 0.5) is 5.69 Å². The van der Waals surface area contributed by atoms with Gasteiger partial charge in [-0.1, -0.05) is 29.3 Å². The van der Waals surface area contributed by atoms with E-state index in [2.05, 4.69) is 4.72 Å². The van der Waals surface area contributed by atoms with Crippen LogP contribution >= 0.6 is 23.2 Å². The van der Waals surface area contributed by atoms with Crippen molar-refractivity contribution in [2.24, 2.45) is 0 Å². The van der Waals surface area contributed by atoms with E-state index in [0.29, 0.717) is 5.02 Å². The molecule has 0 aliphatic carbocycles. The molecule has 0 amide bonds. The van der Waals surface area contributed by atoms with Gasteiger partial charge in [-0.15, -0.1) is 0 Å². The third-order valence-electron chi connectivity index (χ3n) is 2.77. The van der Waals surface area contributed by atoms with Crippen LogP contribution < -0.4 is 4.72 Å². The lowest BCUT2D eigenvalue weighted by atomic mass is 10.2. The van der Waals surface area contributed by atoms with Crippen LogP contribution in [-0.2, 0) is 10.0 Å². The SMILES string of the molecule is Cc1cc(Cl)c(NS(=O)(=O)c2cccc(C#N)c2)cc1Cl. The average molecular weight is 341 g/mol. The van der Waals surface area contributed by atoms with Gasteiger partial charge in [-0.25, -0.2) is 8.42 Å². The second kappa shape index (κ2) is 5.94. The van der Waals surface area contributed by atoms with Crippen LogP contribution in [0, 0.1) is 18.3 Å². The summed E-state index contributed by atoms with van der Waals surface area (Å²) in [4.78, 5) is -0.0192. The number of nitrogens with zero attached hydrogens (tertiary/aromatic N) is 1. The first-order valence-electron chi connectivity index (χ1n) is 5.82. The number of rotatable bonds is 3. The van der Waals surface area contributed by atoms with Crippen molar-refractivity contribution >= 4 is 38.9 Å². The van der Waals surface area contributed by atoms with Crippen LogP contribution in [0.3, 0.4) is 0 Å². The Morgan fingerprint density at radius 1 is 1.14 bits per heavy atom. The molecule has 21 heavy (non-hydrogen) atoms. The highest BCUT2D eigenvalue weighted by Gasteiger charge is 2.17. The van der Waals surface area contributed by atoms with Crippen molar-refractivity contribution in [3.05, 3.63) is 57.6 Å². The highest BCUT2D eigenvalue weighted by molar-refractivity contribution is 7.92. The molecule has 0 fully saturated rings. The summed E-state index contributed by atoms with van der Waals surface area (Å²) in [7, 11) is -3.84. The summed E-state index contributed by atoms with van der Waals surface area (Å²) in [5, 5.41) is 9.48. The minimum Gasteiger partial charge on any atom is -0.278 e.